The van der Waals surface area contributed by atoms with Gasteiger partial charge >= 0.3 is 0 Å². The highest BCUT2D eigenvalue weighted by Gasteiger charge is 2.23. The van der Waals surface area contributed by atoms with Crippen molar-refractivity contribution in [1.29, 1.82) is 0 Å². The van der Waals surface area contributed by atoms with Gasteiger partial charge in [0.15, 0.2) is 0 Å². The minimum atomic E-state index is 0.432. The van der Waals surface area contributed by atoms with Crippen LogP contribution in [-0.4, -0.2) is 28.5 Å². The molecule has 0 unspecified atom stereocenters. The average Bonchev–Trinajstić information content (AvgIpc) is 2.46. The summed E-state index contributed by atoms with van der Waals surface area (Å²) in [6.07, 6.45) is 1.26. The molecule has 0 bridgehead atoms. The van der Waals surface area contributed by atoms with Gasteiger partial charge in [-0.1, -0.05) is 26.0 Å². The standard InChI is InChI=1S/C15H24N2S/c1-12-4-5-13(10-14(12)16)11-17-7-6-15(2,3)18-9-8-17/h4-5,10H,6-9,11,16H2,1-3H3. The molecule has 0 atom stereocenters. The number of thioether (sulfide) groups is 1. The summed E-state index contributed by atoms with van der Waals surface area (Å²) < 4.78 is 0.432. The molecule has 0 radical (unpaired) electrons. The van der Waals surface area contributed by atoms with Crippen LogP contribution in [0.4, 0.5) is 5.69 Å². The molecule has 2 nitrogen and oxygen atoms in total. The first-order valence-corrected chi connectivity index (χ1v) is 7.66. The fraction of sp³-hybridized carbons (Fsp3) is 0.600. The lowest BCUT2D eigenvalue weighted by molar-refractivity contribution is 0.276. The number of nitrogens with zero attached hydrogens (tertiary/aromatic N) is 1. The number of nitrogen functional groups attached to an aromatic ring is 1. The second-order valence-corrected chi connectivity index (χ2v) is 7.63. The maximum Gasteiger partial charge on any atom is 0.0346 e. The molecule has 1 aliphatic heterocycles. The lowest BCUT2D eigenvalue weighted by atomic mass is 10.1. The summed E-state index contributed by atoms with van der Waals surface area (Å²) in [6.45, 7) is 10.2. The molecule has 0 amide bonds. The van der Waals surface area contributed by atoms with Gasteiger partial charge in [0.1, 0.15) is 0 Å². The molecule has 1 saturated heterocycles. The van der Waals surface area contributed by atoms with Crippen LogP contribution in [0.25, 0.3) is 0 Å². The van der Waals surface area contributed by atoms with Crippen LogP contribution in [0.2, 0.25) is 0 Å². The van der Waals surface area contributed by atoms with Crippen molar-refractivity contribution in [3.05, 3.63) is 29.3 Å². The molecule has 1 aromatic carbocycles. The predicted octanol–water partition coefficient (Wildman–Crippen LogP) is 3.29. The minimum absolute atomic E-state index is 0.432. The number of aryl methyl sites for hydroxylation is 1. The normalized spacial score (nSPS) is 20.6. The Balaban J connectivity index is 1.98. The van der Waals surface area contributed by atoms with Crippen molar-refractivity contribution in [2.24, 2.45) is 0 Å². The molecule has 100 valence electrons. The van der Waals surface area contributed by atoms with Crippen molar-refractivity contribution in [2.45, 2.75) is 38.5 Å². The summed E-state index contributed by atoms with van der Waals surface area (Å²) in [5.41, 5.74) is 9.40. The fourth-order valence-corrected chi connectivity index (χ4v) is 3.40. The highest BCUT2D eigenvalue weighted by atomic mass is 32.2. The van der Waals surface area contributed by atoms with Crippen LogP contribution in [0.5, 0.6) is 0 Å². The highest BCUT2D eigenvalue weighted by Crippen LogP contribution is 2.31. The van der Waals surface area contributed by atoms with Crippen molar-refractivity contribution < 1.29 is 0 Å². The van der Waals surface area contributed by atoms with Gasteiger partial charge in [0.25, 0.3) is 0 Å². The van der Waals surface area contributed by atoms with E-state index in [2.05, 4.69) is 55.6 Å². The SMILES string of the molecule is Cc1ccc(CN2CCSC(C)(C)CC2)cc1N. The third-order valence-electron chi connectivity index (χ3n) is 3.68. The monoisotopic (exact) mass is 264 g/mol. The number of hydrogen-bond donors (Lipinski definition) is 1. The zero-order valence-electron chi connectivity index (χ0n) is 11.7. The van der Waals surface area contributed by atoms with Gasteiger partial charge in [0.2, 0.25) is 0 Å². The topological polar surface area (TPSA) is 29.3 Å². The van der Waals surface area contributed by atoms with Gasteiger partial charge in [-0.05, 0) is 37.1 Å². The van der Waals surface area contributed by atoms with Gasteiger partial charge < -0.3 is 5.73 Å². The maximum absolute atomic E-state index is 5.98. The van der Waals surface area contributed by atoms with Gasteiger partial charge in [0, 0.05) is 29.3 Å². The summed E-state index contributed by atoms with van der Waals surface area (Å²) in [5.74, 6) is 1.23. The highest BCUT2D eigenvalue weighted by molar-refractivity contribution is 8.00. The van der Waals surface area contributed by atoms with E-state index >= 15 is 0 Å². The largest absolute Gasteiger partial charge is 0.399 e. The minimum Gasteiger partial charge on any atom is -0.399 e. The van der Waals surface area contributed by atoms with Gasteiger partial charge in [0.05, 0.1) is 0 Å². The first kappa shape index (κ1) is 13.8. The molecule has 1 aliphatic rings. The molecule has 1 fully saturated rings. The fourth-order valence-electron chi connectivity index (χ4n) is 2.27. The second kappa shape index (κ2) is 5.54. The Bertz CT molecular complexity index is 415. The predicted molar refractivity (Wildman–Crippen MR) is 82.0 cm³/mol. The number of anilines is 1. The van der Waals surface area contributed by atoms with Gasteiger partial charge in [-0.25, -0.2) is 0 Å². The van der Waals surface area contributed by atoms with E-state index in [1.54, 1.807) is 0 Å². The van der Waals surface area contributed by atoms with Crippen LogP contribution >= 0.6 is 11.8 Å². The molecule has 3 heteroatoms. The van der Waals surface area contributed by atoms with E-state index in [0.717, 1.165) is 12.2 Å². The van der Waals surface area contributed by atoms with E-state index in [4.69, 9.17) is 5.73 Å². The van der Waals surface area contributed by atoms with Crippen LogP contribution in [0.3, 0.4) is 0 Å². The van der Waals surface area contributed by atoms with Crippen molar-refractivity contribution in [2.75, 3.05) is 24.6 Å². The average molecular weight is 264 g/mol. The van der Waals surface area contributed by atoms with Crippen LogP contribution in [0.15, 0.2) is 18.2 Å². The number of benzene rings is 1. The Kier molecular flexibility index (Phi) is 4.23. The van der Waals surface area contributed by atoms with Crippen molar-refractivity contribution in [3.8, 4) is 0 Å². The summed E-state index contributed by atoms with van der Waals surface area (Å²) in [4.78, 5) is 2.55. The van der Waals surface area contributed by atoms with Crippen LogP contribution in [-0.2, 0) is 6.54 Å². The Morgan fingerprint density at radius 3 is 2.83 bits per heavy atom. The molecule has 0 spiro atoms. The first-order chi connectivity index (χ1) is 8.46. The molecule has 1 aromatic rings. The molecular weight excluding hydrogens is 240 g/mol. The Labute approximate surface area is 115 Å². The second-order valence-electron chi connectivity index (χ2n) is 5.83. The van der Waals surface area contributed by atoms with Gasteiger partial charge in [-0.2, -0.15) is 11.8 Å². The maximum atomic E-state index is 5.98. The third kappa shape index (κ3) is 3.66. The smallest absolute Gasteiger partial charge is 0.0346 e. The zero-order chi connectivity index (χ0) is 13.2. The van der Waals surface area contributed by atoms with E-state index in [0.29, 0.717) is 4.75 Å². The Morgan fingerprint density at radius 1 is 1.33 bits per heavy atom. The van der Waals surface area contributed by atoms with Gasteiger partial charge in [-0.3, -0.25) is 4.90 Å². The van der Waals surface area contributed by atoms with Crippen LogP contribution in [0.1, 0.15) is 31.4 Å². The molecule has 0 aromatic heterocycles. The van der Waals surface area contributed by atoms with Crippen molar-refractivity contribution in [3.63, 3.8) is 0 Å². The van der Waals surface area contributed by atoms with E-state index in [1.807, 2.05) is 0 Å². The Morgan fingerprint density at radius 2 is 2.11 bits per heavy atom. The molecule has 18 heavy (non-hydrogen) atoms. The van der Waals surface area contributed by atoms with Crippen LogP contribution in [0, 0.1) is 6.92 Å². The number of nitrogens with two attached hydrogens (primary N) is 1. The molecule has 2 rings (SSSR count). The van der Waals surface area contributed by atoms with Gasteiger partial charge in [-0.15, -0.1) is 0 Å². The van der Waals surface area contributed by atoms with E-state index in [-0.39, 0.29) is 0 Å². The molecule has 1 heterocycles. The summed E-state index contributed by atoms with van der Waals surface area (Å²) in [6, 6.07) is 6.45. The first-order valence-electron chi connectivity index (χ1n) is 6.68. The quantitative estimate of drug-likeness (QED) is 0.831. The summed E-state index contributed by atoms with van der Waals surface area (Å²) >= 11 is 2.09. The summed E-state index contributed by atoms with van der Waals surface area (Å²) in [7, 11) is 0. The third-order valence-corrected chi connectivity index (χ3v) is 5.05. The number of rotatable bonds is 2. The lowest BCUT2D eigenvalue weighted by Crippen LogP contribution is -2.26. The van der Waals surface area contributed by atoms with E-state index in [9.17, 15) is 0 Å². The Hall–Kier alpha value is -0.670. The van der Waals surface area contributed by atoms with E-state index in [1.165, 1.54) is 36.4 Å². The zero-order valence-corrected chi connectivity index (χ0v) is 12.5. The summed E-state index contributed by atoms with van der Waals surface area (Å²) in [5, 5.41) is 0. The molecule has 0 saturated carbocycles. The van der Waals surface area contributed by atoms with E-state index < -0.39 is 0 Å². The van der Waals surface area contributed by atoms with Crippen molar-refractivity contribution in [1.82, 2.24) is 4.90 Å². The molecule has 0 aliphatic carbocycles. The lowest BCUT2D eigenvalue weighted by Gasteiger charge is -2.22. The molecular formula is C15H24N2S. The van der Waals surface area contributed by atoms with Crippen molar-refractivity contribution >= 4 is 17.4 Å². The number of hydrogen-bond acceptors (Lipinski definition) is 3. The van der Waals surface area contributed by atoms with Crippen LogP contribution < -0.4 is 5.73 Å². The molecule has 2 N–H and O–H groups in total.